The molecule has 0 radical (unpaired) electrons. The number of nitrogens with zero attached hydrogens (tertiary/aromatic N) is 1. The topological polar surface area (TPSA) is 46.3 Å². The number of hydrogen-bond donors (Lipinski definition) is 1. The molecule has 3 unspecified atom stereocenters. The maximum absolute atomic E-state index is 12.8. The lowest BCUT2D eigenvalue weighted by Gasteiger charge is -2.40. The maximum Gasteiger partial charge on any atom is 0.242 e. The van der Waals surface area contributed by atoms with Crippen LogP contribution in [0.5, 0.6) is 0 Å². The maximum atomic E-state index is 12.8. The van der Waals surface area contributed by atoms with Gasteiger partial charge >= 0.3 is 0 Å². The van der Waals surface area contributed by atoms with E-state index in [0.29, 0.717) is 10.9 Å². The van der Waals surface area contributed by atoms with Crippen molar-refractivity contribution < 1.29 is 4.79 Å². The Kier molecular flexibility index (Phi) is 4.95. The van der Waals surface area contributed by atoms with Crippen LogP contribution in [-0.2, 0) is 4.79 Å². The Morgan fingerprint density at radius 3 is 2.76 bits per heavy atom. The van der Waals surface area contributed by atoms with Crippen molar-refractivity contribution in [3.05, 3.63) is 34.9 Å². The summed E-state index contributed by atoms with van der Waals surface area (Å²) in [6.07, 6.45) is 3.73. The third kappa shape index (κ3) is 3.41. The van der Waals surface area contributed by atoms with E-state index >= 15 is 0 Å². The first-order valence-corrected chi connectivity index (χ1v) is 8.03. The molecule has 0 saturated heterocycles. The minimum atomic E-state index is -0.720. The van der Waals surface area contributed by atoms with Gasteiger partial charge in [-0.1, -0.05) is 49.6 Å². The summed E-state index contributed by atoms with van der Waals surface area (Å²) in [5.41, 5.74) is 6.66. The molecule has 0 bridgehead atoms. The summed E-state index contributed by atoms with van der Waals surface area (Å²) in [6.45, 7) is 4.17. The molecule has 3 nitrogen and oxygen atoms in total. The Labute approximate surface area is 132 Å². The van der Waals surface area contributed by atoms with E-state index in [-0.39, 0.29) is 11.9 Å². The zero-order valence-electron chi connectivity index (χ0n) is 13.1. The van der Waals surface area contributed by atoms with Gasteiger partial charge in [-0.2, -0.15) is 0 Å². The summed E-state index contributed by atoms with van der Waals surface area (Å²) in [5.74, 6) is 0.540. The first kappa shape index (κ1) is 16.3. The van der Waals surface area contributed by atoms with Crippen LogP contribution in [0, 0.1) is 5.92 Å². The average molecular weight is 309 g/mol. The number of carbonyl (C=O) groups excluding carboxylic acids is 1. The number of nitrogens with two attached hydrogens (primary N) is 1. The lowest BCUT2D eigenvalue weighted by molar-refractivity contribution is -0.139. The van der Waals surface area contributed by atoms with Crippen molar-refractivity contribution in [1.29, 1.82) is 0 Å². The second-order valence-electron chi connectivity index (χ2n) is 6.47. The van der Waals surface area contributed by atoms with E-state index in [0.717, 1.165) is 31.2 Å². The number of likely N-dealkylation sites (N-methyl/N-ethyl adjacent to an activating group) is 1. The fourth-order valence-electron chi connectivity index (χ4n) is 3.34. The summed E-state index contributed by atoms with van der Waals surface area (Å²) < 4.78 is 0. The Hall–Kier alpha value is -1.06. The largest absolute Gasteiger partial charge is 0.337 e. The van der Waals surface area contributed by atoms with Crippen LogP contribution in [0.2, 0.25) is 5.02 Å². The summed E-state index contributed by atoms with van der Waals surface area (Å²) in [6, 6.07) is 7.57. The molecule has 0 aliphatic heterocycles. The van der Waals surface area contributed by atoms with E-state index in [1.165, 1.54) is 0 Å². The van der Waals surface area contributed by atoms with E-state index in [1.54, 1.807) is 4.90 Å². The van der Waals surface area contributed by atoms with E-state index in [9.17, 15) is 4.79 Å². The molecule has 2 rings (SSSR count). The van der Waals surface area contributed by atoms with Gasteiger partial charge in [-0.15, -0.1) is 0 Å². The molecule has 1 aliphatic carbocycles. The second-order valence-corrected chi connectivity index (χ2v) is 6.88. The van der Waals surface area contributed by atoms with Crippen molar-refractivity contribution in [3.63, 3.8) is 0 Å². The highest BCUT2D eigenvalue weighted by Gasteiger charge is 2.40. The lowest BCUT2D eigenvalue weighted by Crippen LogP contribution is -2.56. The molecule has 1 aromatic rings. The first-order valence-electron chi connectivity index (χ1n) is 7.66. The SMILES string of the molecule is CC1CCCC(N)(C(=O)N(C)C(C)c2ccccc2Cl)C1. The monoisotopic (exact) mass is 308 g/mol. The Morgan fingerprint density at radius 1 is 1.48 bits per heavy atom. The smallest absolute Gasteiger partial charge is 0.242 e. The molecule has 1 aliphatic rings. The molecular weight excluding hydrogens is 284 g/mol. The van der Waals surface area contributed by atoms with E-state index in [1.807, 2.05) is 38.2 Å². The van der Waals surface area contributed by atoms with Gasteiger partial charge in [0.05, 0.1) is 11.6 Å². The molecule has 4 heteroatoms. The molecule has 3 atom stereocenters. The minimum Gasteiger partial charge on any atom is -0.337 e. The predicted octanol–water partition coefficient (Wildman–Crippen LogP) is 3.77. The third-order valence-electron chi connectivity index (χ3n) is 4.72. The molecule has 116 valence electrons. The number of benzene rings is 1. The minimum absolute atomic E-state index is 0.0291. The summed E-state index contributed by atoms with van der Waals surface area (Å²) in [4.78, 5) is 14.6. The van der Waals surface area contributed by atoms with Gasteiger partial charge in [-0.3, -0.25) is 4.79 Å². The van der Waals surface area contributed by atoms with Crippen LogP contribution in [0.4, 0.5) is 0 Å². The van der Waals surface area contributed by atoms with Crippen LogP contribution >= 0.6 is 11.6 Å². The molecule has 0 aromatic heterocycles. The van der Waals surface area contributed by atoms with Crippen LogP contribution in [0.1, 0.15) is 51.1 Å². The van der Waals surface area contributed by atoms with Crippen molar-refractivity contribution in [3.8, 4) is 0 Å². The first-order chi connectivity index (χ1) is 9.85. The molecule has 2 N–H and O–H groups in total. The summed E-state index contributed by atoms with van der Waals surface area (Å²) >= 11 is 6.24. The Bertz CT molecular complexity index is 519. The van der Waals surface area contributed by atoms with E-state index in [4.69, 9.17) is 17.3 Å². The highest BCUT2D eigenvalue weighted by atomic mass is 35.5. The number of carbonyl (C=O) groups is 1. The van der Waals surface area contributed by atoms with Crippen molar-refractivity contribution >= 4 is 17.5 Å². The highest BCUT2D eigenvalue weighted by Crippen LogP contribution is 2.34. The number of hydrogen-bond acceptors (Lipinski definition) is 2. The van der Waals surface area contributed by atoms with Gasteiger partial charge in [-0.05, 0) is 37.3 Å². The molecule has 1 aromatic carbocycles. The van der Waals surface area contributed by atoms with Crippen molar-refractivity contribution in [1.82, 2.24) is 4.90 Å². The fourth-order valence-corrected chi connectivity index (χ4v) is 3.63. The zero-order valence-corrected chi connectivity index (χ0v) is 13.9. The van der Waals surface area contributed by atoms with Gasteiger partial charge in [0.25, 0.3) is 0 Å². The second kappa shape index (κ2) is 6.37. The molecule has 21 heavy (non-hydrogen) atoms. The van der Waals surface area contributed by atoms with Crippen LogP contribution in [0.15, 0.2) is 24.3 Å². The molecule has 1 saturated carbocycles. The molecule has 1 fully saturated rings. The van der Waals surface area contributed by atoms with Gasteiger partial charge in [0.1, 0.15) is 0 Å². The van der Waals surface area contributed by atoms with Crippen LogP contribution in [0.3, 0.4) is 0 Å². The van der Waals surface area contributed by atoms with Crippen LogP contribution in [-0.4, -0.2) is 23.4 Å². The van der Waals surface area contributed by atoms with Gasteiger partial charge < -0.3 is 10.6 Å². The molecule has 0 spiro atoms. The quantitative estimate of drug-likeness (QED) is 0.924. The van der Waals surface area contributed by atoms with Crippen LogP contribution < -0.4 is 5.73 Å². The van der Waals surface area contributed by atoms with E-state index < -0.39 is 5.54 Å². The lowest BCUT2D eigenvalue weighted by atomic mass is 9.76. The third-order valence-corrected chi connectivity index (χ3v) is 5.06. The molecule has 1 amide bonds. The Morgan fingerprint density at radius 2 is 2.14 bits per heavy atom. The number of rotatable bonds is 3. The fraction of sp³-hybridized carbons (Fsp3) is 0.588. The molecule has 0 heterocycles. The predicted molar refractivity (Wildman–Crippen MR) is 87.2 cm³/mol. The molecular formula is C17H25ClN2O. The van der Waals surface area contributed by atoms with Gasteiger partial charge in [-0.25, -0.2) is 0 Å². The average Bonchev–Trinajstić information content (AvgIpc) is 2.45. The van der Waals surface area contributed by atoms with E-state index in [2.05, 4.69) is 6.92 Å². The van der Waals surface area contributed by atoms with Gasteiger partial charge in [0.15, 0.2) is 0 Å². The van der Waals surface area contributed by atoms with Gasteiger partial charge in [0, 0.05) is 12.1 Å². The highest BCUT2D eigenvalue weighted by molar-refractivity contribution is 6.31. The van der Waals surface area contributed by atoms with Crippen molar-refractivity contribution in [2.24, 2.45) is 11.7 Å². The summed E-state index contributed by atoms with van der Waals surface area (Å²) in [7, 11) is 1.82. The number of amides is 1. The van der Waals surface area contributed by atoms with Crippen molar-refractivity contribution in [2.75, 3.05) is 7.05 Å². The van der Waals surface area contributed by atoms with Crippen LogP contribution in [0.25, 0.3) is 0 Å². The Balaban J connectivity index is 2.17. The zero-order chi connectivity index (χ0) is 15.6. The standard InChI is InChI=1S/C17H25ClN2O/c1-12-7-6-10-17(19,11-12)16(21)20(3)13(2)14-8-4-5-9-15(14)18/h4-5,8-9,12-13H,6-7,10-11,19H2,1-3H3. The number of halogens is 1. The summed E-state index contributed by atoms with van der Waals surface area (Å²) in [5, 5.41) is 0.688. The van der Waals surface area contributed by atoms with Crippen molar-refractivity contribution in [2.45, 2.75) is 51.1 Å². The normalized spacial score (nSPS) is 27.2. The van der Waals surface area contributed by atoms with Gasteiger partial charge in [0.2, 0.25) is 5.91 Å².